The van der Waals surface area contributed by atoms with Gasteiger partial charge in [0.25, 0.3) is 0 Å². The first-order valence-electron chi connectivity index (χ1n) is 11.3. The molecule has 0 saturated heterocycles. The van der Waals surface area contributed by atoms with Crippen LogP contribution in [-0.4, -0.2) is 53.2 Å². The minimum absolute atomic E-state index is 0.0366. The Labute approximate surface area is 190 Å². The molecule has 1 saturated carbocycles. The van der Waals surface area contributed by atoms with E-state index in [4.69, 9.17) is 4.74 Å². The van der Waals surface area contributed by atoms with Crippen LogP contribution in [0.15, 0.2) is 34.4 Å². The number of rotatable bonds is 10. The molecule has 7 nitrogen and oxygen atoms in total. The molecule has 1 fully saturated rings. The molecular weight excluding hydrogens is 408 g/mol. The minimum Gasteiger partial charge on any atom is -0.489 e. The van der Waals surface area contributed by atoms with Crippen molar-refractivity contribution in [1.82, 2.24) is 25.4 Å². The van der Waals surface area contributed by atoms with Gasteiger partial charge in [0.2, 0.25) is 0 Å². The Morgan fingerprint density at radius 2 is 2.03 bits per heavy atom. The van der Waals surface area contributed by atoms with Gasteiger partial charge >= 0.3 is 0 Å². The van der Waals surface area contributed by atoms with Crippen molar-refractivity contribution in [3.05, 3.63) is 35.7 Å². The molecule has 1 aliphatic rings. The summed E-state index contributed by atoms with van der Waals surface area (Å²) in [7, 11) is 1.80. The number of nitrogens with one attached hydrogen (secondary N) is 2. The molecule has 8 heteroatoms. The molecule has 1 aromatic carbocycles. The molecular formula is C23H36N6OS. The molecule has 0 radical (unpaired) electrons. The van der Waals surface area contributed by atoms with Crippen LogP contribution >= 0.6 is 11.8 Å². The number of aryl methyl sites for hydroxylation is 2. The van der Waals surface area contributed by atoms with Crippen molar-refractivity contribution >= 4 is 17.7 Å². The Kier molecular flexibility index (Phi) is 9.06. The van der Waals surface area contributed by atoms with Crippen molar-refractivity contribution in [2.24, 2.45) is 4.99 Å². The van der Waals surface area contributed by atoms with E-state index in [9.17, 15) is 0 Å². The molecule has 1 unspecified atom stereocenters. The molecule has 0 aliphatic heterocycles. The van der Waals surface area contributed by atoms with Gasteiger partial charge in [-0.3, -0.25) is 4.99 Å². The molecule has 1 aromatic heterocycles. The summed E-state index contributed by atoms with van der Waals surface area (Å²) in [6, 6.07) is 8.66. The first kappa shape index (κ1) is 23.4. The van der Waals surface area contributed by atoms with Crippen LogP contribution in [0.2, 0.25) is 0 Å². The van der Waals surface area contributed by atoms with Gasteiger partial charge in [-0.2, -0.15) is 0 Å². The molecule has 2 aromatic rings. The van der Waals surface area contributed by atoms with Crippen molar-refractivity contribution in [1.29, 1.82) is 0 Å². The highest BCUT2D eigenvalue weighted by atomic mass is 32.2. The van der Waals surface area contributed by atoms with Crippen LogP contribution in [0, 0.1) is 6.92 Å². The van der Waals surface area contributed by atoms with E-state index in [1.807, 2.05) is 18.2 Å². The second-order valence-corrected chi connectivity index (χ2v) is 8.86. The van der Waals surface area contributed by atoms with Gasteiger partial charge in [-0.25, -0.2) is 0 Å². The van der Waals surface area contributed by atoms with Gasteiger partial charge in [-0.05, 0) is 51.0 Å². The maximum absolute atomic E-state index is 6.03. The Balaban J connectivity index is 1.41. The molecule has 0 spiro atoms. The zero-order valence-corrected chi connectivity index (χ0v) is 20.0. The Hall–Kier alpha value is -2.22. The quantitative estimate of drug-likeness (QED) is 0.250. The maximum Gasteiger partial charge on any atom is 0.191 e. The number of nitrogens with zero attached hydrogens (tertiary/aromatic N) is 4. The summed E-state index contributed by atoms with van der Waals surface area (Å²) in [4.78, 5) is 4.33. The predicted molar refractivity (Wildman–Crippen MR) is 128 cm³/mol. The van der Waals surface area contributed by atoms with Crippen LogP contribution in [0.1, 0.15) is 56.5 Å². The third-order valence-electron chi connectivity index (χ3n) is 5.68. The van der Waals surface area contributed by atoms with Gasteiger partial charge in [0, 0.05) is 26.1 Å². The zero-order chi connectivity index (χ0) is 22.1. The third kappa shape index (κ3) is 6.63. The maximum atomic E-state index is 6.03. The Morgan fingerprint density at radius 3 is 2.74 bits per heavy atom. The number of guanidine groups is 1. The lowest BCUT2D eigenvalue weighted by Gasteiger charge is -2.19. The van der Waals surface area contributed by atoms with E-state index in [2.05, 4.69) is 56.6 Å². The second-order valence-electron chi connectivity index (χ2n) is 8.09. The van der Waals surface area contributed by atoms with E-state index in [0.717, 1.165) is 47.6 Å². The van der Waals surface area contributed by atoms with Crippen molar-refractivity contribution in [2.75, 3.05) is 26.4 Å². The van der Waals surface area contributed by atoms with Crippen LogP contribution in [-0.2, 0) is 6.42 Å². The summed E-state index contributed by atoms with van der Waals surface area (Å²) < 4.78 is 8.42. The summed E-state index contributed by atoms with van der Waals surface area (Å²) in [6.45, 7) is 5.64. The predicted octanol–water partition coefficient (Wildman–Crippen LogP) is 3.99. The lowest BCUT2D eigenvalue weighted by atomic mass is 10.2. The van der Waals surface area contributed by atoms with Crippen LogP contribution in [0.3, 0.4) is 0 Å². The average Bonchev–Trinajstić information content (AvgIpc) is 3.44. The fourth-order valence-corrected chi connectivity index (χ4v) is 4.58. The summed E-state index contributed by atoms with van der Waals surface area (Å²) in [5.41, 5.74) is 1.15. The summed E-state index contributed by atoms with van der Waals surface area (Å²) in [6.07, 6.45) is 9.13. The highest BCUT2D eigenvalue weighted by Gasteiger charge is 2.23. The first-order chi connectivity index (χ1) is 15.1. The fraction of sp³-hybridized carbons (Fsp3) is 0.609. The Bertz CT molecular complexity index is 846. The van der Waals surface area contributed by atoms with Crippen molar-refractivity contribution in [2.45, 2.75) is 69.7 Å². The Morgan fingerprint density at radius 1 is 1.26 bits per heavy atom. The summed E-state index contributed by atoms with van der Waals surface area (Å²) in [5.74, 6) is 2.83. The molecule has 1 atom stereocenters. The molecule has 31 heavy (non-hydrogen) atoms. The summed E-state index contributed by atoms with van der Waals surface area (Å²) in [5, 5.41) is 16.7. The molecule has 2 N–H and O–H groups in total. The third-order valence-corrected chi connectivity index (χ3v) is 6.32. The number of ether oxygens (including phenoxy) is 1. The van der Waals surface area contributed by atoms with E-state index in [0.29, 0.717) is 12.6 Å². The fourth-order valence-electron chi connectivity index (χ4n) is 4.01. The van der Waals surface area contributed by atoms with E-state index in [1.165, 1.54) is 25.7 Å². The van der Waals surface area contributed by atoms with Gasteiger partial charge in [0.1, 0.15) is 17.7 Å². The molecule has 0 bridgehead atoms. The van der Waals surface area contributed by atoms with Crippen LogP contribution in [0.25, 0.3) is 0 Å². The van der Waals surface area contributed by atoms with E-state index in [-0.39, 0.29) is 6.10 Å². The van der Waals surface area contributed by atoms with Crippen LogP contribution in [0.5, 0.6) is 5.75 Å². The number of aromatic nitrogens is 3. The van der Waals surface area contributed by atoms with Crippen molar-refractivity contribution in [3.8, 4) is 5.75 Å². The normalized spacial score (nSPS) is 15.8. The molecule has 1 heterocycles. The summed E-state index contributed by atoms with van der Waals surface area (Å²) >= 11 is 1.69. The van der Waals surface area contributed by atoms with Gasteiger partial charge in [0.15, 0.2) is 11.1 Å². The SMILES string of the molecule is CN=C(NCCCc1nnc(SC)n1C1CCCC1)NCC(C)Oc1ccccc1C. The van der Waals surface area contributed by atoms with Gasteiger partial charge in [-0.15, -0.1) is 10.2 Å². The number of hydrogen-bond acceptors (Lipinski definition) is 5. The molecule has 0 amide bonds. The minimum atomic E-state index is 0.0366. The highest BCUT2D eigenvalue weighted by molar-refractivity contribution is 7.98. The largest absolute Gasteiger partial charge is 0.489 e. The van der Waals surface area contributed by atoms with E-state index in [1.54, 1.807) is 18.8 Å². The zero-order valence-electron chi connectivity index (χ0n) is 19.2. The molecule has 3 rings (SSSR count). The van der Waals surface area contributed by atoms with E-state index < -0.39 is 0 Å². The number of para-hydroxylation sites is 1. The second kappa shape index (κ2) is 12.0. The van der Waals surface area contributed by atoms with E-state index >= 15 is 0 Å². The standard InChI is InChI=1S/C23H36N6OS/c1-17-10-5-8-13-20(17)30-18(2)16-26-22(24-3)25-15-9-14-21-27-28-23(31-4)29(21)19-11-6-7-12-19/h5,8,10,13,18-19H,6-7,9,11-12,14-16H2,1-4H3,(H2,24,25,26). The van der Waals surface area contributed by atoms with Crippen molar-refractivity contribution in [3.63, 3.8) is 0 Å². The first-order valence-corrected chi connectivity index (χ1v) is 12.5. The topological polar surface area (TPSA) is 76.4 Å². The smallest absolute Gasteiger partial charge is 0.191 e. The van der Waals surface area contributed by atoms with Crippen molar-refractivity contribution < 1.29 is 4.74 Å². The number of aliphatic imine (C=N–C) groups is 1. The number of benzene rings is 1. The lowest BCUT2D eigenvalue weighted by Crippen LogP contribution is -2.42. The van der Waals surface area contributed by atoms with Gasteiger partial charge < -0.3 is 19.9 Å². The molecule has 170 valence electrons. The number of thioether (sulfide) groups is 1. The average molecular weight is 445 g/mol. The van der Waals surface area contributed by atoms with Crippen LogP contribution < -0.4 is 15.4 Å². The monoisotopic (exact) mass is 444 g/mol. The molecule has 1 aliphatic carbocycles. The number of hydrogen-bond donors (Lipinski definition) is 2. The highest BCUT2D eigenvalue weighted by Crippen LogP contribution is 2.33. The van der Waals surface area contributed by atoms with Gasteiger partial charge in [-0.1, -0.05) is 42.8 Å². The lowest BCUT2D eigenvalue weighted by molar-refractivity contribution is 0.222. The van der Waals surface area contributed by atoms with Gasteiger partial charge in [0.05, 0.1) is 6.54 Å². The van der Waals surface area contributed by atoms with Crippen LogP contribution in [0.4, 0.5) is 0 Å².